The fourth-order valence-electron chi connectivity index (χ4n) is 2.42. The van der Waals surface area contributed by atoms with Crippen LogP contribution in [0.1, 0.15) is 52.5 Å². The minimum Gasteiger partial charge on any atom is -0.479 e. The Balaban J connectivity index is 3.17. The third-order valence-electron chi connectivity index (χ3n) is 4.42. The van der Waals surface area contributed by atoms with Crippen LogP contribution in [0, 0.1) is 5.92 Å². The summed E-state index contributed by atoms with van der Waals surface area (Å²) in [6, 6.07) is 7.62. The van der Waals surface area contributed by atoms with Crippen LogP contribution in [0.3, 0.4) is 0 Å². The van der Waals surface area contributed by atoms with Crippen molar-refractivity contribution in [2.75, 3.05) is 0 Å². The molecule has 0 bridgehead atoms. The van der Waals surface area contributed by atoms with Crippen LogP contribution in [0.4, 0.5) is 0 Å². The molecule has 1 rings (SSSR count). The number of carbonyl (C=O) groups excluding carboxylic acids is 1. The van der Waals surface area contributed by atoms with Gasteiger partial charge in [0.2, 0.25) is 5.91 Å². The number of rotatable bonds is 8. The monoisotopic (exact) mass is 383 g/mol. The number of hydrogen-bond acceptors (Lipinski definition) is 2. The van der Waals surface area contributed by atoms with Gasteiger partial charge in [-0.1, -0.05) is 55.3 Å². The molecule has 0 spiro atoms. The van der Waals surface area contributed by atoms with E-state index in [2.05, 4.69) is 15.9 Å². The highest BCUT2D eigenvalue weighted by molar-refractivity contribution is 9.10. The maximum Gasteiger partial charge on any atom is 0.329 e. The minimum absolute atomic E-state index is 0.103. The van der Waals surface area contributed by atoms with Crippen molar-refractivity contribution in [1.29, 1.82) is 0 Å². The molecule has 1 N–H and O–H groups in total. The molecule has 0 radical (unpaired) electrons. The van der Waals surface area contributed by atoms with Gasteiger partial charge in [0.1, 0.15) is 5.54 Å². The highest BCUT2D eigenvalue weighted by atomic mass is 79.9. The summed E-state index contributed by atoms with van der Waals surface area (Å²) in [5.41, 5.74) is -0.302. The number of unbranched alkanes of at least 4 members (excludes halogenated alkanes) is 1. The standard InChI is InChI=1S/C18H26BrNO3/c1-5-6-7-16(21)20(18(4,13(2)3)17(22)23)12-14-8-10-15(19)11-9-14/h8-11,13H,5-7,12H2,1-4H3,(H,22,23)/t18-/m0/s1. The number of halogens is 1. The van der Waals surface area contributed by atoms with E-state index >= 15 is 0 Å². The van der Waals surface area contributed by atoms with Crippen LogP contribution in [0.25, 0.3) is 0 Å². The summed E-state index contributed by atoms with van der Waals surface area (Å²) in [7, 11) is 0. The minimum atomic E-state index is -1.22. The van der Waals surface area contributed by atoms with E-state index in [1.165, 1.54) is 4.90 Å². The zero-order chi connectivity index (χ0) is 17.6. The molecule has 0 aliphatic heterocycles. The van der Waals surface area contributed by atoms with Gasteiger partial charge in [-0.05, 0) is 37.0 Å². The van der Waals surface area contributed by atoms with Crippen molar-refractivity contribution in [3.8, 4) is 0 Å². The summed E-state index contributed by atoms with van der Waals surface area (Å²) in [6.45, 7) is 7.65. The van der Waals surface area contributed by atoms with Gasteiger partial charge < -0.3 is 10.0 Å². The molecule has 0 unspecified atom stereocenters. The number of hydrogen-bond donors (Lipinski definition) is 1. The van der Waals surface area contributed by atoms with Crippen LogP contribution in [0.2, 0.25) is 0 Å². The van der Waals surface area contributed by atoms with E-state index in [-0.39, 0.29) is 11.8 Å². The Kier molecular flexibility index (Phi) is 7.26. The first-order chi connectivity index (χ1) is 10.7. The number of nitrogens with zero attached hydrogens (tertiary/aromatic N) is 1. The van der Waals surface area contributed by atoms with Gasteiger partial charge in [0.05, 0.1) is 0 Å². The molecule has 23 heavy (non-hydrogen) atoms. The summed E-state index contributed by atoms with van der Waals surface area (Å²) < 4.78 is 0.954. The number of carboxylic acid groups (broad SMARTS) is 1. The second-order valence-corrected chi connectivity index (χ2v) is 7.23. The van der Waals surface area contributed by atoms with Gasteiger partial charge in [0.15, 0.2) is 0 Å². The molecule has 0 saturated heterocycles. The molecular formula is C18H26BrNO3. The van der Waals surface area contributed by atoms with Crippen LogP contribution < -0.4 is 0 Å². The van der Waals surface area contributed by atoms with E-state index in [9.17, 15) is 14.7 Å². The lowest BCUT2D eigenvalue weighted by Crippen LogP contribution is -2.57. The van der Waals surface area contributed by atoms with E-state index in [1.807, 2.05) is 45.0 Å². The molecule has 128 valence electrons. The van der Waals surface area contributed by atoms with Gasteiger partial charge in [-0.2, -0.15) is 0 Å². The summed E-state index contributed by atoms with van der Waals surface area (Å²) in [4.78, 5) is 26.1. The second-order valence-electron chi connectivity index (χ2n) is 6.32. The van der Waals surface area contributed by atoms with Gasteiger partial charge in [0.25, 0.3) is 0 Å². The molecule has 4 nitrogen and oxygen atoms in total. The first-order valence-corrected chi connectivity index (χ1v) is 8.81. The molecule has 0 saturated carbocycles. The predicted molar refractivity (Wildman–Crippen MR) is 95.1 cm³/mol. The maximum atomic E-state index is 12.7. The van der Waals surface area contributed by atoms with E-state index in [0.717, 1.165) is 22.9 Å². The highest BCUT2D eigenvalue weighted by Crippen LogP contribution is 2.28. The number of amides is 1. The summed E-state index contributed by atoms with van der Waals surface area (Å²) in [5, 5.41) is 9.77. The number of carbonyl (C=O) groups is 2. The fraction of sp³-hybridized carbons (Fsp3) is 0.556. The lowest BCUT2D eigenvalue weighted by molar-refractivity contribution is -0.162. The smallest absolute Gasteiger partial charge is 0.329 e. The van der Waals surface area contributed by atoms with E-state index in [4.69, 9.17) is 0 Å². The van der Waals surface area contributed by atoms with Gasteiger partial charge >= 0.3 is 5.97 Å². The van der Waals surface area contributed by atoms with Crippen molar-refractivity contribution in [3.05, 3.63) is 34.3 Å². The molecule has 5 heteroatoms. The topological polar surface area (TPSA) is 57.6 Å². The Bertz CT molecular complexity index is 542. The van der Waals surface area contributed by atoms with Crippen LogP contribution in [0.5, 0.6) is 0 Å². The lowest BCUT2D eigenvalue weighted by atomic mass is 9.85. The predicted octanol–water partition coefficient (Wildman–Crippen LogP) is 4.47. The Hall–Kier alpha value is -1.36. The Morgan fingerprint density at radius 1 is 1.26 bits per heavy atom. The lowest BCUT2D eigenvalue weighted by Gasteiger charge is -2.41. The number of benzene rings is 1. The average molecular weight is 384 g/mol. The summed E-state index contributed by atoms with van der Waals surface area (Å²) in [5.74, 6) is -1.26. The Morgan fingerprint density at radius 3 is 2.26 bits per heavy atom. The first-order valence-electron chi connectivity index (χ1n) is 8.01. The van der Waals surface area contributed by atoms with Crippen molar-refractivity contribution in [1.82, 2.24) is 4.90 Å². The Labute approximate surface area is 147 Å². The van der Waals surface area contributed by atoms with Crippen molar-refractivity contribution in [2.24, 2.45) is 5.92 Å². The second kappa shape index (κ2) is 8.48. The van der Waals surface area contributed by atoms with Gasteiger partial charge in [-0.3, -0.25) is 4.79 Å². The molecule has 0 aliphatic carbocycles. The van der Waals surface area contributed by atoms with Crippen molar-refractivity contribution in [3.63, 3.8) is 0 Å². The van der Waals surface area contributed by atoms with Crippen LogP contribution in [0.15, 0.2) is 28.7 Å². The summed E-state index contributed by atoms with van der Waals surface area (Å²) >= 11 is 3.39. The van der Waals surface area contributed by atoms with E-state index < -0.39 is 11.5 Å². The molecule has 1 atom stereocenters. The molecule has 1 amide bonds. The number of carboxylic acids is 1. The van der Waals surface area contributed by atoms with Gasteiger partial charge in [0, 0.05) is 17.4 Å². The fourth-order valence-corrected chi connectivity index (χ4v) is 2.69. The zero-order valence-electron chi connectivity index (χ0n) is 14.3. The molecule has 1 aromatic carbocycles. The SMILES string of the molecule is CCCCC(=O)N(Cc1ccc(Br)cc1)[C@](C)(C(=O)O)C(C)C. The van der Waals surface area contributed by atoms with Gasteiger partial charge in [-0.15, -0.1) is 0 Å². The van der Waals surface area contributed by atoms with E-state index in [0.29, 0.717) is 13.0 Å². The normalized spacial score (nSPS) is 13.7. The molecule has 0 heterocycles. The molecule has 0 aromatic heterocycles. The van der Waals surface area contributed by atoms with Crippen molar-refractivity contribution >= 4 is 27.8 Å². The summed E-state index contributed by atoms with van der Waals surface area (Å²) in [6.07, 6.45) is 2.05. The zero-order valence-corrected chi connectivity index (χ0v) is 15.9. The van der Waals surface area contributed by atoms with Crippen LogP contribution in [-0.2, 0) is 16.1 Å². The van der Waals surface area contributed by atoms with Crippen molar-refractivity contribution < 1.29 is 14.7 Å². The molecule has 0 fully saturated rings. The third-order valence-corrected chi connectivity index (χ3v) is 4.95. The highest BCUT2D eigenvalue weighted by Gasteiger charge is 2.44. The largest absolute Gasteiger partial charge is 0.479 e. The maximum absolute atomic E-state index is 12.7. The van der Waals surface area contributed by atoms with Crippen molar-refractivity contribution in [2.45, 2.75) is 59.0 Å². The van der Waals surface area contributed by atoms with E-state index in [1.54, 1.807) is 6.92 Å². The van der Waals surface area contributed by atoms with Crippen LogP contribution in [-0.4, -0.2) is 27.4 Å². The Morgan fingerprint density at radius 2 is 1.83 bits per heavy atom. The first kappa shape index (κ1) is 19.7. The number of aliphatic carboxylic acids is 1. The molecular weight excluding hydrogens is 358 g/mol. The molecule has 1 aromatic rings. The quantitative estimate of drug-likeness (QED) is 0.720. The molecule has 0 aliphatic rings. The van der Waals surface area contributed by atoms with Crippen LogP contribution >= 0.6 is 15.9 Å². The average Bonchev–Trinajstić information content (AvgIpc) is 2.50. The third kappa shape index (κ3) is 4.80. The van der Waals surface area contributed by atoms with Gasteiger partial charge in [-0.25, -0.2) is 4.79 Å².